The molecule has 7 nitrogen and oxygen atoms in total. The van der Waals surface area contributed by atoms with Gasteiger partial charge in [-0.05, 0) is 12.1 Å². The fourth-order valence-corrected chi connectivity index (χ4v) is 1.90. The van der Waals surface area contributed by atoms with Crippen LogP contribution in [0.2, 0.25) is 5.15 Å². The Morgan fingerprint density at radius 1 is 1.53 bits per heavy atom. The number of morpholine rings is 1. The molecule has 102 valence electrons. The lowest BCUT2D eigenvalue weighted by Crippen LogP contribution is -2.53. The Bertz CT molecular complexity index is 497. The molecule has 19 heavy (non-hydrogen) atoms. The maximum absolute atomic E-state index is 12.0. The SMILES string of the molecule is O=C(Nc1cccc(Cl)n1)C1COCCN1C(=O)O. The Kier molecular flexibility index (Phi) is 4.18. The summed E-state index contributed by atoms with van der Waals surface area (Å²) < 4.78 is 5.13. The third kappa shape index (κ3) is 3.33. The van der Waals surface area contributed by atoms with Gasteiger partial charge in [-0.15, -0.1) is 0 Å². The number of aromatic nitrogens is 1. The summed E-state index contributed by atoms with van der Waals surface area (Å²) in [5.41, 5.74) is 0. The molecule has 2 amide bonds. The Morgan fingerprint density at radius 2 is 2.32 bits per heavy atom. The molecule has 1 unspecified atom stereocenters. The predicted octanol–water partition coefficient (Wildman–Crippen LogP) is 1.05. The van der Waals surface area contributed by atoms with Crippen LogP contribution >= 0.6 is 11.6 Å². The number of nitrogens with one attached hydrogen (secondary N) is 1. The molecule has 0 saturated carbocycles. The first-order chi connectivity index (χ1) is 9.08. The van der Waals surface area contributed by atoms with E-state index in [-0.39, 0.29) is 30.7 Å². The summed E-state index contributed by atoms with van der Waals surface area (Å²) >= 11 is 5.70. The Labute approximate surface area is 114 Å². The van der Waals surface area contributed by atoms with Crippen LogP contribution in [0.5, 0.6) is 0 Å². The van der Waals surface area contributed by atoms with Crippen molar-refractivity contribution >= 4 is 29.4 Å². The second-order valence-corrected chi connectivity index (χ2v) is 4.29. The zero-order valence-electron chi connectivity index (χ0n) is 9.88. The third-order valence-corrected chi connectivity index (χ3v) is 2.85. The zero-order valence-corrected chi connectivity index (χ0v) is 10.6. The lowest BCUT2D eigenvalue weighted by molar-refractivity contribution is -0.125. The molecule has 1 aromatic heterocycles. The van der Waals surface area contributed by atoms with E-state index in [0.29, 0.717) is 0 Å². The van der Waals surface area contributed by atoms with E-state index in [0.717, 1.165) is 4.90 Å². The van der Waals surface area contributed by atoms with Crippen LogP contribution in [0.15, 0.2) is 18.2 Å². The van der Waals surface area contributed by atoms with Gasteiger partial charge < -0.3 is 15.2 Å². The molecule has 1 aliphatic rings. The summed E-state index contributed by atoms with van der Waals surface area (Å²) in [6, 6.07) is 3.90. The van der Waals surface area contributed by atoms with E-state index in [1.54, 1.807) is 18.2 Å². The molecule has 1 fully saturated rings. The highest BCUT2D eigenvalue weighted by Gasteiger charge is 2.32. The van der Waals surface area contributed by atoms with E-state index in [2.05, 4.69) is 10.3 Å². The number of amides is 2. The minimum Gasteiger partial charge on any atom is -0.465 e. The molecule has 1 aromatic rings. The van der Waals surface area contributed by atoms with E-state index in [9.17, 15) is 9.59 Å². The molecule has 2 rings (SSSR count). The minimum absolute atomic E-state index is 0.0265. The lowest BCUT2D eigenvalue weighted by atomic mass is 10.2. The van der Waals surface area contributed by atoms with Crippen LogP contribution < -0.4 is 5.32 Å². The number of nitrogens with zero attached hydrogens (tertiary/aromatic N) is 2. The monoisotopic (exact) mass is 285 g/mol. The largest absolute Gasteiger partial charge is 0.465 e. The molecule has 0 aliphatic carbocycles. The molecule has 2 N–H and O–H groups in total. The van der Waals surface area contributed by atoms with Crippen LogP contribution in [-0.2, 0) is 9.53 Å². The van der Waals surface area contributed by atoms with Crippen molar-refractivity contribution in [3.05, 3.63) is 23.4 Å². The van der Waals surface area contributed by atoms with Crippen molar-refractivity contribution in [3.8, 4) is 0 Å². The van der Waals surface area contributed by atoms with Gasteiger partial charge in [0.25, 0.3) is 5.91 Å². The van der Waals surface area contributed by atoms with Gasteiger partial charge in [-0.1, -0.05) is 17.7 Å². The number of hydrogen-bond acceptors (Lipinski definition) is 4. The predicted molar refractivity (Wildman–Crippen MR) is 67.2 cm³/mol. The van der Waals surface area contributed by atoms with Gasteiger partial charge in [0, 0.05) is 6.54 Å². The van der Waals surface area contributed by atoms with Crippen molar-refractivity contribution in [1.82, 2.24) is 9.88 Å². The smallest absolute Gasteiger partial charge is 0.408 e. The van der Waals surface area contributed by atoms with Gasteiger partial charge >= 0.3 is 6.09 Å². The minimum atomic E-state index is -1.15. The summed E-state index contributed by atoms with van der Waals surface area (Å²) in [6.45, 7) is 0.473. The molecule has 0 aromatic carbocycles. The van der Waals surface area contributed by atoms with Crippen LogP contribution in [0.3, 0.4) is 0 Å². The summed E-state index contributed by atoms with van der Waals surface area (Å²) in [5.74, 6) is -0.217. The molecule has 2 heterocycles. The maximum Gasteiger partial charge on any atom is 0.408 e. The second kappa shape index (κ2) is 5.85. The van der Waals surface area contributed by atoms with Gasteiger partial charge in [0.05, 0.1) is 13.2 Å². The first-order valence-electron chi connectivity index (χ1n) is 5.58. The first kappa shape index (κ1) is 13.6. The number of hydrogen-bond donors (Lipinski definition) is 2. The van der Waals surface area contributed by atoms with Gasteiger partial charge in [-0.25, -0.2) is 9.78 Å². The van der Waals surface area contributed by atoms with Crippen molar-refractivity contribution in [2.24, 2.45) is 0 Å². The fourth-order valence-electron chi connectivity index (χ4n) is 1.74. The van der Waals surface area contributed by atoms with Gasteiger partial charge in [0.2, 0.25) is 0 Å². The summed E-state index contributed by atoms with van der Waals surface area (Å²) in [4.78, 5) is 28.0. The second-order valence-electron chi connectivity index (χ2n) is 3.90. The summed E-state index contributed by atoms with van der Waals surface area (Å²) in [5, 5.41) is 11.8. The van der Waals surface area contributed by atoms with Crippen molar-refractivity contribution in [2.75, 3.05) is 25.1 Å². The lowest BCUT2D eigenvalue weighted by Gasteiger charge is -2.32. The number of rotatable bonds is 2. The molecular weight excluding hydrogens is 274 g/mol. The highest BCUT2D eigenvalue weighted by Crippen LogP contribution is 2.12. The normalized spacial score (nSPS) is 19.0. The van der Waals surface area contributed by atoms with Crippen LogP contribution in [0, 0.1) is 0 Å². The summed E-state index contributed by atoms with van der Waals surface area (Å²) in [7, 11) is 0. The quantitative estimate of drug-likeness (QED) is 0.793. The van der Waals surface area contributed by atoms with Crippen molar-refractivity contribution < 1.29 is 19.4 Å². The number of carbonyl (C=O) groups excluding carboxylic acids is 1. The van der Waals surface area contributed by atoms with Gasteiger partial charge in [-0.2, -0.15) is 0 Å². The summed E-state index contributed by atoms with van der Waals surface area (Å²) in [6.07, 6.45) is -1.15. The average Bonchev–Trinajstić information content (AvgIpc) is 2.38. The van der Waals surface area contributed by atoms with E-state index < -0.39 is 18.0 Å². The van der Waals surface area contributed by atoms with E-state index >= 15 is 0 Å². The van der Waals surface area contributed by atoms with Gasteiger partial charge in [0.1, 0.15) is 17.0 Å². The average molecular weight is 286 g/mol. The van der Waals surface area contributed by atoms with Crippen LogP contribution in [0.25, 0.3) is 0 Å². The Hall–Kier alpha value is -1.86. The molecule has 0 spiro atoms. The number of pyridine rings is 1. The van der Waals surface area contributed by atoms with E-state index in [4.69, 9.17) is 21.4 Å². The topological polar surface area (TPSA) is 91.8 Å². The van der Waals surface area contributed by atoms with Crippen molar-refractivity contribution in [3.63, 3.8) is 0 Å². The number of anilines is 1. The van der Waals surface area contributed by atoms with Crippen LogP contribution in [0.1, 0.15) is 0 Å². The number of ether oxygens (including phenoxy) is 1. The highest BCUT2D eigenvalue weighted by molar-refractivity contribution is 6.29. The molecule has 1 saturated heterocycles. The van der Waals surface area contributed by atoms with E-state index in [1.165, 1.54) is 0 Å². The molecule has 0 bridgehead atoms. The maximum atomic E-state index is 12.0. The third-order valence-electron chi connectivity index (χ3n) is 2.64. The molecular formula is C11H12ClN3O4. The van der Waals surface area contributed by atoms with Crippen LogP contribution in [0.4, 0.5) is 10.6 Å². The first-order valence-corrected chi connectivity index (χ1v) is 5.96. The standard InChI is InChI=1S/C11H12ClN3O4/c12-8-2-1-3-9(13-8)14-10(16)7-6-19-5-4-15(7)11(17)18/h1-3,7H,4-6H2,(H,17,18)(H,13,14,16). The van der Waals surface area contributed by atoms with E-state index in [1.807, 2.05) is 0 Å². The number of carbonyl (C=O) groups is 2. The molecule has 1 aliphatic heterocycles. The van der Waals surface area contributed by atoms with Crippen LogP contribution in [-0.4, -0.2) is 52.8 Å². The molecule has 0 radical (unpaired) electrons. The van der Waals surface area contributed by atoms with Gasteiger partial charge in [-0.3, -0.25) is 9.69 Å². The fraction of sp³-hybridized carbons (Fsp3) is 0.364. The Morgan fingerprint density at radius 3 is 3.00 bits per heavy atom. The van der Waals surface area contributed by atoms with Crippen molar-refractivity contribution in [1.29, 1.82) is 0 Å². The molecule has 8 heteroatoms. The Balaban J connectivity index is 2.07. The van der Waals surface area contributed by atoms with Crippen molar-refractivity contribution in [2.45, 2.75) is 6.04 Å². The molecule has 1 atom stereocenters. The zero-order chi connectivity index (χ0) is 13.8. The number of carboxylic acid groups (broad SMARTS) is 1. The number of halogens is 1. The highest BCUT2D eigenvalue weighted by atomic mass is 35.5. The van der Waals surface area contributed by atoms with Gasteiger partial charge in [0.15, 0.2) is 0 Å².